The van der Waals surface area contributed by atoms with Crippen LogP contribution >= 0.6 is 0 Å². The Morgan fingerprint density at radius 3 is 2.78 bits per heavy atom. The lowest BCUT2D eigenvalue weighted by Gasteiger charge is -2.50. The number of nitrogens with one attached hydrogen (secondary N) is 1. The number of rotatable bonds is 6. The fraction of sp³-hybridized carbons (Fsp3) is 0.381. The molecule has 3 aromatic rings. The first-order chi connectivity index (χ1) is 15.3. The van der Waals surface area contributed by atoms with Crippen molar-refractivity contribution in [2.75, 3.05) is 18.4 Å². The van der Waals surface area contributed by atoms with Gasteiger partial charge >= 0.3 is 0 Å². The molecule has 0 radical (unpaired) electrons. The highest BCUT2D eigenvalue weighted by Gasteiger charge is 2.64. The van der Waals surface area contributed by atoms with Gasteiger partial charge in [-0.1, -0.05) is 0 Å². The fourth-order valence-electron chi connectivity index (χ4n) is 4.07. The predicted molar refractivity (Wildman–Crippen MR) is 110 cm³/mol. The van der Waals surface area contributed by atoms with Crippen LogP contribution in [0.25, 0.3) is 11.3 Å². The average Bonchev–Trinajstić information content (AvgIpc) is 3.09. The summed E-state index contributed by atoms with van der Waals surface area (Å²) < 4.78 is 30.1. The van der Waals surface area contributed by atoms with E-state index in [0.29, 0.717) is 11.6 Å². The summed E-state index contributed by atoms with van der Waals surface area (Å²) in [6, 6.07) is 5.81. The minimum Gasteiger partial charge on any atom is -0.343 e. The van der Waals surface area contributed by atoms with Gasteiger partial charge in [0.05, 0.1) is 35.6 Å². The van der Waals surface area contributed by atoms with Gasteiger partial charge < -0.3 is 14.8 Å². The molecule has 1 aliphatic carbocycles. The van der Waals surface area contributed by atoms with Crippen molar-refractivity contribution >= 4 is 17.5 Å². The Kier molecular flexibility index (Phi) is 4.47. The molecule has 0 unspecified atom stereocenters. The topological polar surface area (TPSA) is 105 Å². The number of likely N-dealkylation sites (tertiary alicyclic amines) is 1. The summed E-state index contributed by atoms with van der Waals surface area (Å²) in [5.41, 5.74) is 1.63. The van der Waals surface area contributed by atoms with Gasteiger partial charge in [0.15, 0.2) is 0 Å². The van der Waals surface area contributed by atoms with Crippen LogP contribution in [-0.2, 0) is 17.4 Å². The molecule has 2 fully saturated rings. The highest BCUT2D eigenvalue weighted by molar-refractivity contribution is 5.84. The smallest absolute Gasteiger partial charge is 0.260 e. The zero-order valence-electron chi connectivity index (χ0n) is 17.2. The third kappa shape index (κ3) is 3.47. The molecule has 5 rings (SSSR count). The van der Waals surface area contributed by atoms with Crippen LogP contribution in [0.4, 0.5) is 20.4 Å². The maximum absolute atomic E-state index is 13.3. The molecule has 1 saturated carbocycles. The summed E-state index contributed by atoms with van der Waals surface area (Å²) in [6.07, 6.45) is 8.59. The van der Waals surface area contributed by atoms with E-state index >= 15 is 0 Å². The van der Waals surface area contributed by atoms with Crippen LogP contribution in [0, 0.1) is 17.2 Å². The SMILES string of the molecule is Cn1cc(Nc2nccc(-c3ccn(C4(CC#N)CN(C(=O)[C@H]5CC5(F)F)C4)c3)n2)cn1. The van der Waals surface area contributed by atoms with E-state index in [9.17, 15) is 18.8 Å². The molecule has 1 atom stereocenters. The summed E-state index contributed by atoms with van der Waals surface area (Å²) >= 11 is 0. The summed E-state index contributed by atoms with van der Waals surface area (Å²) in [5.74, 6) is -4.21. The molecule has 164 valence electrons. The van der Waals surface area contributed by atoms with Crippen LogP contribution < -0.4 is 5.32 Å². The maximum atomic E-state index is 13.3. The number of aryl methyl sites for hydroxylation is 1. The zero-order chi connectivity index (χ0) is 22.5. The number of anilines is 2. The van der Waals surface area contributed by atoms with Crippen LogP contribution in [0.1, 0.15) is 12.8 Å². The molecule has 0 bridgehead atoms. The van der Waals surface area contributed by atoms with E-state index in [-0.39, 0.29) is 25.9 Å². The van der Waals surface area contributed by atoms with Crippen LogP contribution in [0.2, 0.25) is 0 Å². The van der Waals surface area contributed by atoms with Crippen LogP contribution in [0.3, 0.4) is 0 Å². The Bertz CT molecular complexity index is 1220. The van der Waals surface area contributed by atoms with Crippen LogP contribution in [0.5, 0.6) is 0 Å². The lowest BCUT2D eigenvalue weighted by atomic mass is 9.86. The third-order valence-electron chi connectivity index (χ3n) is 5.97. The number of carbonyl (C=O) groups is 1. The Morgan fingerprint density at radius 1 is 1.34 bits per heavy atom. The Balaban J connectivity index is 1.33. The highest BCUT2D eigenvalue weighted by Crippen LogP contribution is 2.51. The first kappa shape index (κ1) is 20.1. The molecule has 32 heavy (non-hydrogen) atoms. The van der Waals surface area contributed by atoms with Gasteiger partial charge in [-0.15, -0.1) is 0 Å². The summed E-state index contributed by atoms with van der Waals surface area (Å²) in [6.45, 7) is 0.468. The van der Waals surface area contributed by atoms with Crippen molar-refractivity contribution in [2.45, 2.75) is 24.3 Å². The van der Waals surface area contributed by atoms with Gasteiger partial charge in [-0.2, -0.15) is 10.4 Å². The van der Waals surface area contributed by atoms with Crippen LogP contribution in [-0.4, -0.2) is 54.1 Å². The molecule has 11 heteroatoms. The number of carbonyl (C=O) groups excluding carboxylic acids is 1. The van der Waals surface area contributed by atoms with E-state index < -0.39 is 23.3 Å². The van der Waals surface area contributed by atoms with Crippen molar-refractivity contribution in [1.29, 1.82) is 5.26 Å². The van der Waals surface area contributed by atoms with Crippen molar-refractivity contribution in [3.63, 3.8) is 0 Å². The quantitative estimate of drug-likeness (QED) is 0.634. The number of amides is 1. The van der Waals surface area contributed by atoms with Crippen LogP contribution in [0.15, 0.2) is 43.1 Å². The van der Waals surface area contributed by atoms with Gasteiger partial charge in [0.25, 0.3) is 5.92 Å². The van der Waals surface area contributed by atoms with Crippen molar-refractivity contribution in [3.8, 4) is 17.3 Å². The number of nitriles is 1. The van der Waals surface area contributed by atoms with E-state index in [1.165, 1.54) is 4.90 Å². The number of aromatic nitrogens is 5. The lowest BCUT2D eigenvalue weighted by Crippen LogP contribution is -2.64. The van der Waals surface area contributed by atoms with E-state index in [0.717, 1.165) is 11.3 Å². The number of alkyl halides is 2. The second-order valence-electron chi connectivity index (χ2n) is 8.37. The molecular formula is C21H20F2N8O. The minimum absolute atomic E-state index is 0.170. The number of hydrogen-bond acceptors (Lipinski definition) is 6. The molecule has 9 nitrogen and oxygen atoms in total. The third-order valence-corrected chi connectivity index (χ3v) is 5.97. The highest BCUT2D eigenvalue weighted by atomic mass is 19.3. The molecule has 2 aliphatic rings. The summed E-state index contributed by atoms with van der Waals surface area (Å²) in [4.78, 5) is 22.5. The van der Waals surface area contributed by atoms with Crippen molar-refractivity contribution in [1.82, 2.24) is 29.2 Å². The monoisotopic (exact) mass is 438 g/mol. The standard InChI is InChI=1S/C21H20F2N8O/c1-29-11-15(9-26-29)27-19-25-6-2-17(28-19)14-3-7-31(10-14)20(4-5-24)12-30(13-20)18(32)16-8-21(16,22)23/h2-3,6-7,9-11,16H,4,8,12-13H2,1H3,(H,25,27,28)/t16-/m1/s1. The molecular weight excluding hydrogens is 418 g/mol. The van der Waals surface area contributed by atoms with Crippen molar-refractivity contribution in [2.24, 2.45) is 13.0 Å². The first-order valence-corrected chi connectivity index (χ1v) is 10.1. The minimum atomic E-state index is -2.89. The predicted octanol–water partition coefficient (Wildman–Crippen LogP) is 2.53. The maximum Gasteiger partial charge on any atom is 0.260 e. The Morgan fingerprint density at radius 2 is 2.12 bits per heavy atom. The zero-order valence-corrected chi connectivity index (χ0v) is 17.2. The van der Waals surface area contributed by atoms with Gasteiger partial charge in [0, 0.05) is 56.9 Å². The molecule has 1 aliphatic heterocycles. The number of halogens is 2. The summed E-state index contributed by atoms with van der Waals surface area (Å²) in [5, 5.41) is 16.5. The fourth-order valence-corrected chi connectivity index (χ4v) is 4.07. The molecule has 1 amide bonds. The van der Waals surface area contributed by atoms with Gasteiger partial charge in [-0.05, 0) is 12.1 Å². The normalized spacial score (nSPS) is 20.3. The van der Waals surface area contributed by atoms with Gasteiger partial charge in [0.1, 0.15) is 5.92 Å². The molecule has 0 spiro atoms. The van der Waals surface area contributed by atoms with Gasteiger partial charge in [-0.25, -0.2) is 18.7 Å². The Hall–Kier alpha value is -3.81. The largest absolute Gasteiger partial charge is 0.343 e. The molecule has 4 heterocycles. The molecule has 3 aromatic heterocycles. The first-order valence-electron chi connectivity index (χ1n) is 10.1. The van der Waals surface area contributed by atoms with E-state index in [2.05, 4.69) is 26.5 Å². The van der Waals surface area contributed by atoms with E-state index in [1.807, 2.05) is 30.1 Å². The van der Waals surface area contributed by atoms with Gasteiger partial charge in [-0.3, -0.25) is 9.48 Å². The Labute approximate surface area is 182 Å². The average molecular weight is 438 g/mol. The summed E-state index contributed by atoms with van der Waals surface area (Å²) in [7, 11) is 1.81. The van der Waals surface area contributed by atoms with Gasteiger partial charge in [0.2, 0.25) is 11.9 Å². The molecule has 1 N–H and O–H groups in total. The molecule has 0 aromatic carbocycles. The molecule has 1 saturated heterocycles. The lowest BCUT2D eigenvalue weighted by molar-refractivity contribution is -0.145. The van der Waals surface area contributed by atoms with E-state index in [1.54, 1.807) is 29.3 Å². The second-order valence-corrected chi connectivity index (χ2v) is 8.37. The van der Waals surface area contributed by atoms with E-state index in [4.69, 9.17) is 0 Å². The second kappa shape index (κ2) is 7.12. The van der Waals surface area contributed by atoms with Crippen molar-refractivity contribution in [3.05, 3.63) is 43.1 Å². The number of nitrogens with zero attached hydrogens (tertiary/aromatic N) is 7. The number of hydrogen-bond donors (Lipinski definition) is 1. The van der Waals surface area contributed by atoms with Crippen molar-refractivity contribution < 1.29 is 13.6 Å².